The molecule has 2 nitrogen and oxygen atoms in total. The van der Waals surface area contributed by atoms with Crippen molar-refractivity contribution in [1.82, 2.24) is 0 Å². The van der Waals surface area contributed by atoms with Crippen LogP contribution in [0.3, 0.4) is 0 Å². The van der Waals surface area contributed by atoms with Crippen LogP contribution in [0.5, 0.6) is 0 Å². The Morgan fingerprint density at radius 3 is 1.46 bits per heavy atom. The van der Waals surface area contributed by atoms with Crippen LogP contribution in [0.2, 0.25) is 0 Å². The molecular formula is C22H42O2. The molecule has 0 radical (unpaired) electrons. The molecule has 0 aliphatic heterocycles. The highest BCUT2D eigenvalue weighted by Crippen LogP contribution is 2.39. The van der Waals surface area contributed by atoms with Crippen LogP contribution in [0.15, 0.2) is 0 Å². The molecule has 0 heterocycles. The van der Waals surface area contributed by atoms with Gasteiger partial charge in [0.2, 0.25) is 0 Å². The molecule has 2 heteroatoms. The van der Waals surface area contributed by atoms with E-state index in [0.29, 0.717) is 5.92 Å². The van der Waals surface area contributed by atoms with Gasteiger partial charge in [-0.05, 0) is 25.2 Å². The van der Waals surface area contributed by atoms with Crippen molar-refractivity contribution >= 4 is 5.97 Å². The van der Waals surface area contributed by atoms with Gasteiger partial charge in [0.1, 0.15) is 0 Å². The van der Waals surface area contributed by atoms with Gasteiger partial charge in [0, 0.05) is 0 Å². The smallest absolute Gasteiger partial charge is 0.306 e. The maximum Gasteiger partial charge on any atom is 0.306 e. The first-order valence-corrected chi connectivity index (χ1v) is 11.0. The zero-order valence-electron chi connectivity index (χ0n) is 16.2. The summed E-state index contributed by atoms with van der Waals surface area (Å²) in [5.41, 5.74) is 0. The summed E-state index contributed by atoms with van der Waals surface area (Å²) in [5, 5.41) is 9.20. The molecule has 0 aromatic heterocycles. The Labute approximate surface area is 150 Å². The number of carbonyl (C=O) groups is 1. The number of carboxylic acid groups (broad SMARTS) is 1. The van der Waals surface area contributed by atoms with E-state index in [2.05, 4.69) is 6.92 Å². The highest BCUT2D eigenvalue weighted by atomic mass is 16.4. The van der Waals surface area contributed by atoms with Crippen molar-refractivity contribution in [3.05, 3.63) is 0 Å². The SMILES string of the molecule is CCCCCCCCCCCCCCCCCC(C(=O)O)C1CC1. The molecule has 0 aromatic rings. The fraction of sp³-hybridized carbons (Fsp3) is 0.955. The first kappa shape index (κ1) is 21.5. The lowest BCUT2D eigenvalue weighted by atomic mass is 9.96. The van der Waals surface area contributed by atoms with E-state index in [1.807, 2.05) is 0 Å². The van der Waals surface area contributed by atoms with E-state index < -0.39 is 5.97 Å². The van der Waals surface area contributed by atoms with Gasteiger partial charge < -0.3 is 5.11 Å². The Hall–Kier alpha value is -0.530. The van der Waals surface area contributed by atoms with Crippen molar-refractivity contribution in [2.24, 2.45) is 11.8 Å². The van der Waals surface area contributed by atoms with E-state index in [9.17, 15) is 9.90 Å². The van der Waals surface area contributed by atoms with Gasteiger partial charge in [0.25, 0.3) is 0 Å². The van der Waals surface area contributed by atoms with Gasteiger partial charge in [-0.15, -0.1) is 0 Å². The van der Waals surface area contributed by atoms with E-state index in [-0.39, 0.29) is 5.92 Å². The lowest BCUT2D eigenvalue weighted by Crippen LogP contribution is -2.15. The Balaban J connectivity index is 1.74. The summed E-state index contributed by atoms with van der Waals surface area (Å²) in [4.78, 5) is 11.2. The van der Waals surface area contributed by atoms with Crippen LogP contribution in [-0.4, -0.2) is 11.1 Å². The normalized spacial score (nSPS) is 15.5. The zero-order chi connectivity index (χ0) is 17.5. The molecule has 0 saturated heterocycles. The van der Waals surface area contributed by atoms with Crippen molar-refractivity contribution < 1.29 is 9.90 Å². The summed E-state index contributed by atoms with van der Waals surface area (Å²) in [5.74, 6) is -0.0796. The van der Waals surface area contributed by atoms with Gasteiger partial charge in [-0.25, -0.2) is 0 Å². The molecular weight excluding hydrogens is 296 g/mol. The molecule has 1 saturated carbocycles. The van der Waals surface area contributed by atoms with Crippen LogP contribution in [-0.2, 0) is 4.79 Å². The summed E-state index contributed by atoms with van der Waals surface area (Å²) in [6, 6.07) is 0. The Bertz CT molecular complexity index is 296. The van der Waals surface area contributed by atoms with Crippen molar-refractivity contribution in [3.8, 4) is 0 Å². The highest BCUT2D eigenvalue weighted by Gasteiger charge is 2.35. The third-order valence-electron chi connectivity index (χ3n) is 5.63. The maximum absolute atomic E-state index is 11.2. The van der Waals surface area contributed by atoms with Crippen LogP contribution in [0.25, 0.3) is 0 Å². The maximum atomic E-state index is 11.2. The Kier molecular flexibility index (Phi) is 13.3. The molecule has 1 fully saturated rings. The van der Waals surface area contributed by atoms with Gasteiger partial charge in [0.15, 0.2) is 0 Å². The van der Waals surface area contributed by atoms with Crippen molar-refractivity contribution in [2.45, 2.75) is 122 Å². The van der Waals surface area contributed by atoms with Gasteiger partial charge in [-0.2, -0.15) is 0 Å². The number of rotatable bonds is 18. The van der Waals surface area contributed by atoms with Crippen molar-refractivity contribution in [3.63, 3.8) is 0 Å². The molecule has 0 aromatic carbocycles. The number of aliphatic carboxylic acids is 1. The highest BCUT2D eigenvalue weighted by molar-refractivity contribution is 5.70. The second-order valence-electron chi connectivity index (χ2n) is 8.02. The summed E-state index contributed by atoms with van der Waals surface area (Å²) in [6.07, 6.45) is 23.8. The molecule has 142 valence electrons. The van der Waals surface area contributed by atoms with Crippen LogP contribution in [0, 0.1) is 11.8 Å². The number of hydrogen-bond acceptors (Lipinski definition) is 1. The van der Waals surface area contributed by atoms with Crippen LogP contribution in [0.1, 0.15) is 122 Å². The lowest BCUT2D eigenvalue weighted by molar-refractivity contribution is -0.142. The molecule has 1 unspecified atom stereocenters. The van der Waals surface area contributed by atoms with E-state index in [1.165, 1.54) is 89.9 Å². The average molecular weight is 339 g/mol. The molecule has 24 heavy (non-hydrogen) atoms. The Morgan fingerprint density at radius 2 is 1.12 bits per heavy atom. The number of carboxylic acids is 1. The molecule has 1 N–H and O–H groups in total. The molecule has 0 bridgehead atoms. The molecule has 1 aliphatic carbocycles. The van der Waals surface area contributed by atoms with Crippen LogP contribution >= 0.6 is 0 Å². The number of hydrogen-bond donors (Lipinski definition) is 1. The topological polar surface area (TPSA) is 37.3 Å². The molecule has 0 amide bonds. The van der Waals surface area contributed by atoms with Crippen molar-refractivity contribution in [2.75, 3.05) is 0 Å². The van der Waals surface area contributed by atoms with E-state index in [0.717, 1.165) is 25.7 Å². The minimum Gasteiger partial charge on any atom is -0.481 e. The van der Waals surface area contributed by atoms with E-state index >= 15 is 0 Å². The second kappa shape index (κ2) is 14.8. The standard InChI is InChI=1S/C22H42O2/c1-2-3-4-5-6-7-8-9-10-11-12-13-14-15-16-17-21(22(23)24)20-18-19-20/h20-21H,2-19H2,1H3,(H,23,24). The Morgan fingerprint density at radius 1 is 0.750 bits per heavy atom. The quantitative estimate of drug-likeness (QED) is 0.265. The minimum absolute atomic E-state index is 0.0352. The number of unbranched alkanes of at least 4 members (excludes halogenated alkanes) is 14. The van der Waals surface area contributed by atoms with Gasteiger partial charge in [0.05, 0.1) is 5.92 Å². The molecule has 1 atom stereocenters. The van der Waals surface area contributed by atoms with Crippen molar-refractivity contribution in [1.29, 1.82) is 0 Å². The fourth-order valence-electron chi connectivity index (χ4n) is 3.79. The summed E-state index contributed by atoms with van der Waals surface area (Å²) in [7, 11) is 0. The molecule has 1 rings (SSSR count). The average Bonchev–Trinajstić information content (AvgIpc) is 3.39. The molecule has 0 spiro atoms. The third kappa shape index (κ3) is 11.9. The van der Waals surface area contributed by atoms with Gasteiger partial charge >= 0.3 is 5.97 Å². The van der Waals surface area contributed by atoms with Crippen LogP contribution in [0.4, 0.5) is 0 Å². The first-order chi connectivity index (χ1) is 11.8. The van der Waals surface area contributed by atoms with Gasteiger partial charge in [-0.1, -0.05) is 103 Å². The second-order valence-corrected chi connectivity index (χ2v) is 8.02. The van der Waals surface area contributed by atoms with E-state index in [1.54, 1.807) is 0 Å². The first-order valence-electron chi connectivity index (χ1n) is 11.0. The zero-order valence-corrected chi connectivity index (χ0v) is 16.2. The molecule has 1 aliphatic rings. The lowest BCUT2D eigenvalue weighted by Gasteiger charge is -2.10. The predicted octanol–water partition coefficient (Wildman–Crippen LogP) is 7.36. The minimum atomic E-state index is -0.553. The monoisotopic (exact) mass is 338 g/mol. The van der Waals surface area contributed by atoms with Crippen LogP contribution < -0.4 is 0 Å². The third-order valence-corrected chi connectivity index (χ3v) is 5.63. The summed E-state index contributed by atoms with van der Waals surface area (Å²) in [6.45, 7) is 2.28. The van der Waals surface area contributed by atoms with E-state index in [4.69, 9.17) is 0 Å². The van der Waals surface area contributed by atoms with Gasteiger partial charge in [-0.3, -0.25) is 4.79 Å². The summed E-state index contributed by atoms with van der Waals surface area (Å²) < 4.78 is 0. The summed E-state index contributed by atoms with van der Waals surface area (Å²) >= 11 is 0. The largest absolute Gasteiger partial charge is 0.481 e. The fourth-order valence-corrected chi connectivity index (χ4v) is 3.79. The predicted molar refractivity (Wildman–Crippen MR) is 103 cm³/mol.